The molecule has 79 heavy (non-hydrogen) atoms. The van der Waals surface area contributed by atoms with Gasteiger partial charge in [0.2, 0.25) is 0 Å². The maximum absolute atomic E-state index is 12.9. The van der Waals surface area contributed by atoms with Gasteiger partial charge in [0.05, 0.1) is 0 Å². The first-order chi connectivity index (χ1) is 39.0. The molecular weight excluding hydrogens is 973 g/mol. The van der Waals surface area contributed by atoms with Crippen LogP contribution < -0.4 is 0 Å². The Hall–Kier alpha value is -4.45. The third kappa shape index (κ3) is 64.3. The van der Waals surface area contributed by atoms with E-state index in [1.54, 1.807) is 0 Å². The fourth-order valence-corrected chi connectivity index (χ4v) is 8.78. The molecule has 6 nitrogen and oxygen atoms in total. The molecule has 0 fully saturated rings. The van der Waals surface area contributed by atoms with Crippen LogP contribution in [0.15, 0.2) is 134 Å². The van der Waals surface area contributed by atoms with Gasteiger partial charge in [0, 0.05) is 19.3 Å². The average molecular weight is 1090 g/mol. The lowest BCUT2D eigenvalue weighted by molar-refractivity contribution is -0.167. The molecule has 0 N–H and O–H groups in total. The van der Waals surface area contributed by atoms with Crippen molar-refractivity contribution in [2.75, 3.05) is 13.2 Å². The van der Waals surface area contributed by atoms with Crippen LogP contribution >= 0.6 is 0 Å². The number of carbonyl (C=O) groups is 3. The molecule has 1 atom stereocenters. The monoisotopic (exact) mass is 1090 g/mol. The zero-order chi connectivity index (χ0) is 57.1. The van der Waals surface area contributed by atoms with E-state index in [0.717, 1.165) is 135 Å². The molecule has 448 valence electrons. The number of allylic oxidation sites excluding steroid dienone is 22. The molecule has 0 rings (SSSR count). The van der Waals surface area contributed by atoms with Gasteiger partial charge in [0.25, 0.3) is 0 Å². The van der Waals surface area contributed by atoms with E-state index >= 15 is 0 Å². The summed E-state index contributed by atoms with van der Waals surface area (Å²) in [7, 11) is 0. The molecule has 0 radical (unpaired) electrons. The minimum Gasteiger partial charge on any atom is -0.462 e. The molecule has 0 aliphatic rings. The summed E-state index contributed by atoms with van der Waals surface area (Å²) in [5, 5.41) is 0. The van der Waals surface area contributed by atoms with Gasteiger partial charge in [-0.05, 0) is 109 Å². The van der Waals surface area contributed by atoms with Gasteiger partial charge in [-0.15, -0.1) is 0 Å². The molecule has 0 bridgehead atoms. The second-order valence-corrected chi connectivity index (χ2v) is 21.3. The molecule has 0 aromatic carbocycles. The van der Waals surface area contributed by atoms with E-state index in [4.69, 9.17) is 14.2 Å². The highest BCUT2D eigenvalue weighted by atomic mass is 16.6. The van der Waals surface area contributed by atoms with Gasteiger partial charge in [-0.1, -0.05) is 296 Å². The second-order valence-electron chi connectivity index (χ2n) is 21.3. The summed E-state index contributed by atoms with van der Waals surface area (Å²) in [6, 6.07) is 0. The van der Waals surface area contributed by atoms with Gasteiger partial charge >= 0.3 is 17.9 Å². The lowest BCUT2D eigenvalue weighted by atomic mass is 10.0. The van der Waals surface area contributed by atoms with Crippen molar-refractivity contribution in [3.05, 3.63) is 134 Å². The molecule has 0 aromatic rings. The van der Waals surface area contributed by atoms with Crippen LogP contribution in [0.3, 0.4) is 0 Å². The molecule has 0 aliphatic heterocycles. The van der Waals surface area contributed by atoms with Crippen LogP contribution in [0, 0.1) is 0 Å². The van der Waals surface area contributed by atoms with Gasteiger partial charge < -0.3 is 14.2 Å². The quantitative estimate of drug-likeness (QED) is 0.0261. The van der Waals surface area contributed by atoms with Crippen molar-refractivity contribution in [1.82, 2.24) is 0 Å². The van der Waals surface area contributed by atoms with Crippen LogP contribution in [0.1, 0.15) is 290 Å². The zero-order valence-corrected chi connectivity index (χ0v) is 51.3. The van der Waals surface area contributed by atoms with Crippen LogP contribution in [0.25, 0.3) is 0 Å². The fraction of sp³-hybridized carbons (Fsp3) is 0.658. The summed E-state index contributed by atoms with van der Waals surface area (Å²) < 4.78 is 16.9. The average Bonchev–Trinajstić information content (AvgIpc) is 3.45. The zero-order valence-electron chi connectivity index (χ0n) is 51.3. The van der Waals surface area contributed by atoms with E-state index in [-0.39, 0.29) is 37.5 Å². The second kappa shape index (κ2) is 66.1. The summed E-state index contributed by atoms with van der Waals surface area (Å²) in [4.78, 5) is 38.3. The molecule has 0 saturated carbocycles. The highest BCUT2D eigenvalue weighted by molar-refractivity contribution is 5.71. The van der Waals surface area contributed by atoms with E-state index in [9.17, 15) is 14.4 Å². The van der Waals surface area contributed by atoms with E-state index in [2.05, 4.69) is 154 Å². The molecule has 1 unspecified atom stereocenters. The molecule has 6 heteroatoms. The van der Waals surface area contributed by atoms with Crippen molar-refractivity contribution < 1.29 is 28.6 Å². The predicted molar refractivity (Wildman–Crippen MR) is 343 cm³/mol. The Labute approximate surface area is 487 Å². The number of ether oxygens (including phenoxy) is 3. The summed E-state index contributed by atoms with van der Waals surface area (Å²) in [6.45, 7) is 6.42. The van der Waals surface area contributed by atoms with Crippen LogP contribution in [-0.2, 0) is 28.6 Å². The van der Waals surface area contributed by atoms with Gasteiger partial charge in [-0.3, -0.25) is 14.4 Å². The molecule has 0 heterocycles. The Morgan fingerprint density at radius 1 is 0.266 bits per heavy atom. The van der Waals surface area contributed by atoms with Crippen LogP contribution in [0.4, 0.5) is 0 Å². The third-order valence-electron chi connectivity index (χ3n) is 13.6. The molecular formula is C73H120O6. The normalized spacial score (nSPS) is 13.0. The smallest absolute Gasteiger partial charge is 0.306 e. The first kappa shape index (κ1) is 74.5. The summed E-state index contributed by atoms with van der Waals surface area (Å²) >= 11 is 0. The molecule has 0 aliphatic carbocycles. The molecule has 0 aromatic heterocycles. The predicted octanol–water partition coefficient (Wildman–Crippen LogP) is 22.5. The standard InChI is InChI=1S/C73H120O6/c1-4-7-10-13-16-19-22-25-27-29-31-32-33-34-35-36-37-38-39-40-42-43-45-48-51-54-57-60-63-66-72(75)78-69-70(68-77-71(74)65-62-59-56-53-50-47-24-21-18-15-12-9-6-3)79-73(76)67-64-61-58-55-52-49-46-44-41-30-28-26-23-20-17-14-11-8-5-2/h7,10,12,15-16,19,21,24-25,27,31-32,34-35,37-38,40,42,45,48,54,57,70H,4-6,8-9,11,13-14,17-18,20,22-23,26,28-30,33,36,39,41,43-44,46-47,49-53,55-56,58-69H2,1-3H3/b10-7-,15-12-,19-16-,24-21-,27-25-,32-31-,35-34-,38-37-,42-40-,48-45-,57-54-. The van der Waals surface area contributed by atoms with Gasteiger partial charge in [0.1, 0.15) is 13.2 Å². The lowest BCUT2D eigenvalue weighted by Crippen LogP contribution is -2.30. The SMILES string of the molecule is CC/C=C\C/C=C\C/C=C\C/C=C\C/C=C\C/C=C\C/C=C\C/C=C\C/C=C\CCCC(=O)OCC(COC(=O)CCCCCCC/C=C\C/C=C\CCC)OC(=O)CCCCCCCCCCCCCCCCCCCCC. The topological polar surface area (TPSA) is 78.9 Å². The first-order valence-corrected chi connectivity index (χ1v) is 32.7. The maximum atomic E-state index is 12.9. The van der Waals surface area contributed by atoms with Crippen molar-refractivity contribution in [3.8, 4) is 0 Å². The Morgan fingerprint density at radius 2 is 0.532 bits per heavy atom. The first-order valence-electron chi connectivity index (χ1n) is 32.7. The molecule has 0 amide bonds. The lowest BCUT2D eigenvalue weighted by Gasteiger charge is -2.18. The molecule has 0 saturated heterocycles. The maximum Gasteiger partial charge on any atom is 0.306 e. The van der Waals surface area contributed by atoms with Gasteiger partial charge in [0.15, 0.2) is 6.10 Å². The fourth-order valence-electron chi connectivity index (χ4n) is 8.78. The number of unbranched alkanes of at least 4 members (excludes halogenated alkanes) is 25. The highest BCUT2D eigenvalue weighted by Gasteiger charge is 2.19. The van der Waals surface area contributed by atoms with E-state index in [1.165, 1.54) is 109 Å². The Bertz CT molecular complexity index is 1680. The van der Waals surface area contributed by atoms with Crippen LogP contribution in [-0.4, -0.2) is 37.2 Å². The van der Waals surface area contributed by atoms with E-state index in [1.807, 2.05) is 0 Å². The number of esters is 3. The highest BCUT2D eigenvalue weighted by Crippen LogP contribution is 2.16. The Kier molecular flexibility index (Phi) is 62.3. The molecule has 0 spiro atoms. The summed E-state index contributed by atoms with van der Waals surface area (Å²) in [5.74, 6) is -0.974. The van der Waals surface area contributed by atoms with Crippen molar-refractivity contribution >= 4 is 17.9 Å². The van der Waals surface area contributed by atoms with Crippen molar-refractivity contribution in [2.45, 2.75) is 297 Å². The van der Waals surface area contributed by atoms with Crippen LogP contribution in [0.2, 0.25) is 0 Å². The van der Waals surface area contributed by atoms with Crippen molar-refractivity contribution in [3.63, 3.8) is 0 Å². The third-order valence-corrected chi connectivity index (χ3v) is 13.6. The number of hydrogen-bond acceptors (Lipinski definition) is 6. The number of carbonyl (C=O) groups excluding carboxylic acids is 3. The van der Waals surface area contributed by atoms with E-state index in [0.29, 0.717) is 19.3 Å². The number of rotatable bonds is 58. The summed E-state index contributed by atoms with van der Waals surface area (Å²) in [5.41, 5.74) is 0. The Morgan fingerprint density at radius 3 is 0.873 bits per heavy atom. The van der Waals surface area contributed by atoms with Gasteiger partial charge in [-0.25, -0.2) is 0 Å². The summed E-state index contributed by atoms with van der Waals surface area (Å²) in [6.07, 6.45) is 93.2. The minimum atomic E-state index is -0.811. The van der Waals surface area contributed by atoms with E-state index < -0.39 is 6.10 Å². The van der Waals surface area contributed by atoms with Crippen molar-refractivity contribution in [2.24, 2.45) is 0 Å². The van der Waals surface area contributed by atoms with Gasteiger partial charge in [-0.2, -0.15) is 0 Å². The largest absolute Gasteiger partial charge is 0.462 e. The van der Waals surface area contributed by atoms with Crippen molar-refractivity contribution in [1.29, 1.82) is 0 Å². The number of hydrogen-bond donors (Lipinski definition) is 0. The minimum absolute atomic E-state index is 0.105. The van der Waals surface area contributed by atoms with Crippen LogP contribution in [0.5, 0.6) is 0 Å². The Balaban J connectivity index is 4.43.